The van der Waals surface area contributed by atoms with Gasteiger partial charge >= 0.3 is 0 Å². The van der Waals surface area contributed by atoms with Crippen LogP contribution in [0.15, 0.2) is 34.9 Å². The number of benzene rings is 1. The largest absolute Gasteiger partial charge is 0.369 e. The zero-order chi connectivity index (χ0) is 14.5. The van der Waals surface area contributed by atoms with Gasteiger partial charge in [0.15, 0.2) is 0 Å². The van der Waals surface area contributed by atoms with Gasteiger partial charge in [0, 0.05) is 13.2 Å². The van der Waals surface area contributed by atoms with Gasteiger partial charge in [-0.1, -0.05) is 48.3 Å². The van der Waals surface area contributed by atoms with Crippen LogP contribution in [0.2, 0.25) is 0 Å². The maximum absolute atomic E-state index is 5.51. The van der Waals surface area contributed by atoms with Crippen molar-refractivity contribution in [3.8, 4) is 0 Å². The summed E-state index contributed by atoms with van der Waals surface area (Å²) in [5.74, 6) is 1.20. The maximum Gasteiger partial charge on any atom is 0.240 e. The number of methoxy groups -OCH3 is 1. The van der Waals surface area contributed by atoms with Gasteiger partial charge in [-0.05, 0) is 18.4 Å². The van der Waals surface area contributed by atoms with Gasteiger partial charge in [0.05, 0.1) is 6.54 Å². The summed E-state index contributed by atoms with van der Waals surface area (Å²) in [7, 11) is 1.66. The highest BCUT2D eigenvalue weighted by molar-refractivity contribution is 5.22. The molecule has 5 nitrogen and oxygen atoms in total. The van der Waals surface area contributed by atoms with Crippen LogP contribution in [0.4, 0.5) is 0 Å². The SMILES string of the molecule is COC(c1ccccc1)c1noc(CNC2CCCC2)n1. The van der Waals surface area contributed by atoms with E-state index in [9.17, 15) is 0 Å². The third kappa shape index (κ3) is 3.49. The average molecular weight is 287 g/mol. The lowest BCUT2D eigenvalue weighted by Crippen LogP contribution is -2.25. The molecule has 0 saturated heterocycles. The Morgan fingerprint density at radius 2 is 2.05 bits per heavy atom. The summed E-state index contributed by atoms with van der Waals surface area (Å²) < 4.78 is 10.8. The topological polar surface area (TPSA) is 60.2 Å². The number of nitrogens with one attached hydrogen (secondary N) is 1. The van der Waals surface area contributed by atoms with E-state index in [0.717, 1.165) is 5.56 Å². The third-order valence-electron chi connectivity index (χ3n) is 3.95. The van der Waals surface area contributed by atoms with E-state index < -0.39 is 0 Å². The highest BCUT2D eigenvalue weighted by Gasteiger charge is 2.20. The lowest BCUT2D eigenvalue weighted by molar-refractivity contribution is 0.126. The molecule has 0 aliphatic heterocycles. The van der Waals surface area contributed by atoms with Crippen molar-refractivity contribution in [3.63, 3.8) is 0 Å². The van der Waals surface area contributed by atoms with Gasteiger partial charge < -0.3 is 14.6 Å². The van der Waals surface area contributed by atoms with Crippen LogP contribution in [-0.2, 0) is 11.3 Å². The third-order valence-corrected chi connectivity index (χ3v) is 3.95. The summed E-state index contributed by atoms with van der Waals surface area (Å²) in [5.41, 5.74) is 1.02. The molecule has 1 aromatic carbocycles. The lowest BCUT2D eigenvalue weighted by Gasteiger charge is -2.11. The summed E-state index contributed by atoms with van der Waals surface area (Å²) in [4.78, 5) is 4.45. The Morgan fingerprint density at radius 3 is 2.76 bits per heavy atom. The first kappa shape index (κ1) is 14.2. The fraction of sp³-hybridized carbons (Fsp3) is 0.500. The minimum atomic E-state index is -0.282. The number of aromatic nitrogens is 2. The van der Waals surface area contributed by atoms with E-state index in [-0.39, 0.29) is 6.10 Å². The molecule has 1 aliphatic rings. The minimum absolute atomic E-state index is 0.282. The van der Waals surface area contributed by atoms with Gasteiger partial charge in [-0.25, -0.2) is 0 Å². The molecule has 1 saturated carbocycles. The van der Waals surface area contributed by atoms with E-state index in [1.165, 1.54) is 25.7 Å². The Hall–Kier alpha value is -1.72. The molecule has 1 fully saturated rings. The smallest absolute Gasteiger partial charge is 0.240 e. The highest BCUT2D eigenvalue weighted by atomic mass is 16.5. The molecule has 1 aromatic heterocycles. The van der Waals surface area contributed by atoms with Crippen LogP contribution < -0.4 is 5.32 Å². The molecule has 3 rings (SSSR count). The first-order valence-electron chi connectivity index (χ1n) is 7.50. The average Bonchev–Trinajstić information content (AvgIpc) is 3.19. The minimum Gasteiger partial charge on any atom is -0.369 e. The van der Waals surface area contributed by atoms with Crippen molar-refractivity contribution in [1.82, 2.24) is 15.5 Å². The van der Waals surface area contributed by atoms with Crippen LogP contribution >= 0.6 is 0 Å². The van der Waals surface area contributed by atoms with E-state index in [0.29, 0.717) is 24.3 Å². The molecule has 1 aliphatic carbocycles. The van der Waals surface area contributed by atoms with E-state index in [2.05, 4.69) is 15.5 Å². The Labute approximate surface area is 124 Å². The maximum atomic E-state index is 5.51. The van der Waals surface area contributed by atoms with Crippen LogP contribution in [0.3, 0.4) is 0 Å². The lowest BCUT2D eigenvalue weighted by atomic mass is 10.1. The van der Waals surface area contributed by atoms with Crippen LogP contribution in [0.1, 0.15) is 49.1 Å². The van der Waals surface area contributed by atoms with Gasteiger partial charge in [0.25, 0.3) is 0 Å². The van der Waals surface area contributed by atoms with Crippen molar-refractivity contribution in [2.75, 3.05) is 7.11 Å². The molecular weight excluding hydrogens is 266 g/mol. The second-order valence-electron chi connectivity index (χ2n) is 5.44. The first-order chi connectivity index (χ1) is 10.4. The molecule has 21 heavy (non-hydrogen) atoms. The van der Waals surface area contributed by atoms with Crippen LogP contribution in [0.25, 0.3) is 0 Å². The second-order valence-corrected chi connectivity index (χ2v) is 5.44. The van der Waals surface area contributed by atoms with Gasteiger partial charge in [-0.2, -0.15) is 4.98 Å². The molecule has 1 heterocycles. The van der Waals surface area contributed by atoms with E-state index in [1.807, 2.05) is 30.3 Å². The zero-order valence-electron chi connectivity index (χ0n) is 12.3. The highest BCUT2D eigenvalue weighted by Crippen LogP contribution is 2.23. The predicted octanol–water partition coefficient (Wildman–Crippen LogP) is 2.84. The molecule has 1 N–H and O–H groups in total. The fourth-order valence-electron chi connectivity index (χ4n) is 2.83. The predicted molar refractivity (Wildman–Crippen MR) is 78.7 cm³/mol. The van der Waals surface area contributed by atoms with Crippen molar-refractivity contribution in [2.24, 2.45) is 0 Å². The molecule has 0 spiro atoms. The second kappa shape index (κ2) is 6.83. The normalized spacial score (nSPS) is 17.2. The molecule has 2 aromatic rings. The van der Waals surface area contributed by atoms with E-state index >= 15 is 0 Å². The quantitative estimate of drug-likeness (QED) is 0.885. The van der Waals surface area contributed by atoms with Crippen molar-refractivity contribution >= 4 is 0 Å². The number of hydrogen-bond acceptors (Lipinski definition) is 5. The van der Waals surface area contributed by atoms with Gasteiger partial charge in [-0.3, -0.25) is 0 Å². The molecule has 0 amide bonds. The zero-order valence-corrected chi connectivity index (χ0v) is 12.3. The monoisotopic (exact) mass is 287 g/mol. The summed E-state index contributed by atoms with van der Waals surface area (Å²) in [6.45, 7) is 0.628. The molecular formula is C16H21N3O2. The molecule has 0 radical (unpaired) electrons. The van der Waals surface area contributed by atoms with Crippen molar-refractivity contribution in [1.29, 1.82) is 0 Å². The molecule has 112 valence electrons. The van der Waals surface area contributed by atoms with Crippen LogP contribution in [0.5, 0.6) is 0 Å². The first-order valence-corrected chi connectivity index (χ1v) is 7.50. The number of hydrogen-bond donors (Lipinski definition) is 1. The number of nitrogens with zero attached hydrogens (tertiary/aromatic N) is 2. The number of rotatable bonds is 6. The van der Waals surface area contributed by atoms with Crippen molar-refractivity contribution in [3.05, 3.63) is 47.6 Å². The summed E-state index contributed by atoms with van der Waals surface area (Å²) in [5, 5.41) is 7.53. The fourth-order valence-corrected chi connectivity index (χ4v) is 2.83. The summed E-state index contributed by atoms with van der Waals surface area (Å²) in [6.07, 6.45) is 4.83. The summed E-state index contributed by atoms with van der Waals surface area (Å²) in [6, 6.07) is 10.5. The standard InChI is InChI=1S/C16H21N3O2/c1-20-15(12-7-3-2-4-8-12)16-18-14(21-19-16)11-17-13-9-5-6-10-13/h2-4,7-8,13,15,17H,5-6,9-11H2,1H3. The Balaban J connectivity index is 1.65. The van der Waals surface area contributed by atoms with Gasteiger partial charge in [0.1, 0.15) is 6.10 Å². The van der Waals surface area contributed by atoms with Gasteiger partial charge in [-0.15, -0.1) is 0 Å². The van der Waals surface area contributed by atoms with Gasteiger partial charge in [0.2, 0.25) is 11.7 Å². The van der Waals surface area contributed by atoms with Crippen LogP contribution in [0, 0.1) is 0 Å². The molecule has 5 heteroatoms. The summed E-state index contributed by atoms with van der Waals surface area (Å²) >= 11 is 0. The Morgan fingerprint density at radius 1 is 1.29 bits per heavy atom. The molecule has 1 atom stereocenters. The molecule has 0 bridgehead atoms. The van der Waals surface area contributed by atoms with Crippen molar-refractivity contribution in [2.45, 2.75) is 44.4 Å². The Bertz CT molecular complexity index is 550. The van der Waals surface area contributed by atoms with E-state index in [4.69, 9.17) is 9.26 Å². The van der Waals surface area contributed by atoms with Crippen molar-refractivity contribution < 1.29 is 9.26 Å². The number of ether oxygens (including phenoxy) is 1. The van der Waals surface area contributed by atoms with Crippen LogP contribution in [-0.4, -0.2) is 23.3 Å². The molecule has 1 unspecified atom stereocenters. The van der Waals surface area contributed by atoms with E-state index in [1.54, 1.807) is 7.11 Å². The Kier molecular flexibility index (Phi) is 4.62.